The zero-order valence-electron chi connectivity index (χ0n) is 18.8. The molecular formula is C21H24FN9O3. The van der Waals surface area contributed by atoms with Gasteiger partial charge >= 0.3 is 6.09 Å². The molecule has 0 radical (unpaired) electrons. The Labute approximate surface area is 194 Å². The maximum atomic E-state index is 14.7. The van der Waals surface area contributed by atoms with E-state index in [0.29, 0.717) is 23.7 Å². The maximum absolute atomic E-state index is 14.7. The summed E-state index contributed by atoms with van der Waals surface area (Å²) in [6.07, 6.45) is 4.70. The van der Waals surface area contributed by atoms with Crippen molar-refractivity contribution < 1.29 is 19.0 Å². The quantitative estimate of drug-likeness (QED) is 0.347. The number of methoxy groups -OCH3 is 1. The number of nitrogens with one attached hydrogen (secondary N) is 3. The summed E-state index contributed by atoms with van der Waals surface area (Å²) in [7, 11) is 1.47. The van der Waals surface area contributed by atoms with Gasteiger partial charge in [0.25, 0.3) is 0 Å². The molecule has 12 nitrogen and oxygen atoms in total. The molecule has 0 aliphatic rings. The maximum Gasteiger partial charge on any atom is 0.404 e. The fraction of sp³-hybridized carbons (Fsp3) is 0.333. The molecule has 3 heterocycles. The number of aromatic nitrogens is 5. The van der Waals surface area contributed by atoms with Crippen molar-refractivity contribution in [1.82, 2.24) is 30.3 Å². The highest BCUT2D eigenvalue weighted by Gasteiger charge is 2.22. The smallest absolute Gasteiger partial charge is 0.404 e. The number of hydrogen-bond donors (Lipinski definition) is 4. The van der Waals surface area contributed by atoms with Crippen LogP contribution in [0.2, 0.25) is 0 Å². The molecule has 34 heavy (non-hydrogen) atoms. The molecule has 178 valence electrons. The molecule has 13 heteroatoms. The SMILES string of the molecule is CCC[C@@H](Nc1nc(Nc2cnc(OC)c(-n3ccnn3)c2)c(C#N)cc1F)[C@H](C)NC(=O)O. The summed E-state index contributed by atoms with van der Waals surface area (Å²) in [6.45, 7) is 3.61. The first kappa shape index (κ1) is 24.2. The van der Waals surface area contributed by atoms with Gasteiger partial charge in [0.05, 0.1) is 37.0 Å². The molecule has 4 N–H and O–H groups in total. The summed E-state index contributed by atoms with van der Waals surface area (Å²) in [5.41, 5.74) is 0.907. The van der Waals surface area contributed by atoms with E-state index in [1.807, 2.05) is 13.0 Å². The Morgan fingerprint density at radius 2 is 2.18 bits per heavy atom. The molecular weight excluding hydrogens is 445 g/mol. The largest absolute Gasteiger partial charge is 0.479 e. The number of carboxylic acid groups (broad SMARTS) is 1. The number of anilines is 3. The Morgan fingerprint density at radius 1 is 1.38 bits per heavy atom. The van der Waals surface area contributed by atoms with Crippen LogP contribution in [0.3, 0.4) is 0 Å². The zero-order chi connectivity index (χ0) is 24.7. The van der Waals surface area contributed by atoms with Crippen molar-refractivity contribution in [1.29, 1.82) is 5.26 Å². The Bertz CT molecular complexity index is 1180. The molecule has 0 spiro atoms. The van der Waals surface area contributed by atoms with E-state index in [9.17, 15) is 14.4 Å². The molecule has 3 rings (SSSR count). The number of pyridine rings is 2. The van der Waals surface area contributed by atoms with Crippen molar-refractivity contribution in [2.24, 2.45) is 0 Å². The van der Waals surface area contributed by atoms with E-state index in [0.717, 1.165) is 12.5 Å². The van der Waals surface area contributed by atoms with E-state index < -0.39 is 24.0 Å². The van der Waals surface area contributed by atoms with E-state index in [2.05, 4.69) is 36.2 Å². The Balaban J connectivity index is 1.93. The minimum Gasteiger partial charge on any atom is -0.479 e. The van der Waals surface area contributed by atoms with Crippen LogP contribution < -0.4 is 20.7 Å². The topological polar surface area (TPSA) is 163 Å². The first-order valence-corrected chi connectivity index (χ1v) is 10.4. The molecule has 0 unspecified atom stereocenters. The second kappa shape index (κ2) is 10.9. The molecule has 0 saturated carbocycles. The van der Waals surface area contributed by atoms with Crippen LogP contribution in [0, 0.1) is 17.1 Å². The van der Waals surface area contributed by atoms with Gasteiger partial charge in [0.2, 0.25) is 5.88 Å². The second-order valence-electron chi connectivity index (χ2n) is 7.33. The Hall–Kier alpha value is -4.47. The molecule has 0 aromatic carbocycles. The van der Waals surface area contributed by atoms with Crippen LogP contribution in [0.4, 0.5) is 26.5 Å². The summed E-state index contributed by atoms with van der Waals surface area (Å²) in [5, 5.41) is 34.6. The molecule has 2 atom stereocenters. The second-order valence-corrected chi connectivity index (χ2v) is 7.33. The van der Waals surface area contributed by atoms with Crippen LogP contribution in [0.1, 0.15) is 32.3 Å². The number of halogens is 1. The lowest BCUT2D eigenvalue weighted by molar-refractivity contribution is 0.189. The first-order chi connectivity index (χ1) is 16.4. The number of hydrogen-bond acceptors (Lipinski definition) is 9. The average molecular weight is 469 g/mol. The normalized spacial score (nSPS) is 12.3. The van der Waals surface area contributed by atoms with Crippen molar-refractivity contribution in [3.63, 3.8) is 0 Å². The number of carbonyl (C=O) groups is 1. The third kappa shape index (κ3) is 5.66. The molecule has 1 amide bonds. The van der Waals surface area contributed by atoms with Crippen molar-refractivity contribution in [3.8, 4) is 17.6 Å². The number of ether oxygens (including phenoxy) is 1. The molecule has 0 saturated heterocycles. The van der Waals surface area contributed by atoms with Gasteiger partial charge in [-0.05, 0) is 25.5 Å². The lowest BCUT2D eigenvalue weighted by atomic mass is 10.0. The van der Waals surface area contributed by atoms with E-state index >= 15 is 0 Å². The van der Waals surface area contributed by atoms with Crippen LogP contribution in [-0.4, -0.2) is 55.4 Å². The van der Waals surface area contributed by atoms with Crippen LogP contribution in [0.25, 0.3) is 5.69 Å². The standard InChI is InChI=1S/C21H24FN9O3/c1-4-5-16(12(2)26-21(32)33)28-19-15(22)8-13(10-23)18(29-19)27-14-9-17(20(34-3)24-11-14)31-7-6-25-30-31/h6-9,11-12,16,26H,4-5H2,1-3H3,(H,32,33)(H2,27,28,29)/t12-,16+/m0/s1. The van der Waals surface area contributed by atoms with Crippen molar-refractivity contribution in [3.05, 3.63) is 42.1 Å². The van der Waals surface area contributed by atoms with Gasteiger partial charge in [0.1, 0.15) is 11.8 Å². The number of nitrogens with zero attached hydrogens (tertiary/aromatic N) is 6. The highest BCUT2D eigenvalue weighted by Crippen LogP contribution is 2.28. The van der Waals surface area contributed by atoms with Gasteiger partial charge in [-0.1, -0.05) is 18.6 Å². The summed E-state index contributed by atoms with van der Waals surface area (Å²) in [6, 6.07) is 3.71. The summed E-state index contributed by atoms with van der Waals surface area (Å²) in [5.74, 6) is -0.454. The minimum absolute atomic E-state index is 0.0232. The van der Waals surface area contributed by atoms with Crippen LogP contribution in [0.15, 0.2) is 30.7 Å². The first-order valence-electron chi connectivity index (χ1n) is 10.4. The molecule has 3 aromatic rings. The third-order valence-corrected chi connectivity index (χ3v) is 4.93. The van der Waals surface area contributed by atoms with E-state index in [1.54, 1.807) is 19.2 Å². The van der Waals surface area contributed by atoms with E-state index in [-0.39, 0.29) is 17.2 Å². The fourth-order valence-electron chi connectivity index (χ4n) is 3.30. The third-order valence-electron chi connectivity index (χ3n) is 4.93. The molecule has 0 bridgehead atoms. The van der Waals surface area contributed by atoms with E-state index in [4.69, 9.17) is 9.84 Å². The Kier molecular flexibility index (Phi) is 7.75. The summed E-state index contributed by atoms with van der Waals surface area (Å²) in [4.78, 5) is 19.5. The van der Waals surface area contributed by atoms with Gasteiger partial charge in [-0.3, -0.25) is 0 Å². The van der Waals surface area contributed by atoms with Gasteiger partial charge in [-0.25, -0.2) is 23.8 Å². The average Bonchev–Trinajstić information content (AvgIpc) is 3.35. The highest BCUT2D eigenvalue weighted by molar-refractivity contribution is 5.67. The molecule has 0 aliphatic heterocycles. The fourth-order valence-corrected chi connectivity index (χ4v) is 3.30. The molecule has 0 aliphatic carbocycles. The lowest BCUT2D eigenvalue weighted by Gasteiger charge is -2.25. The zero-order valence-corrected chi connectivity index (χ0v) is 18.8. The predicted molar refractivity (Wildman–Crippen MR) is 121 cm³/mol. The van der Waals surface area contributed by atoms with Gasteiger partial charge < -0.3 is 25.8 Å². The van der Waals surface area contributed by atoms with Crippen molar-refractivity contribution in [2.75, 3.05) is 17.7 Å². The number of amides is 1. The highest BCUT2D eigenvalue weighted by atomic mass is 19.1. The van der Waals surface area contributed by atoms with Crippen LogP contribution in [-0.2, 0) is 0 Å². The summed E-state index contributed by atoms with van der Waals surface area (Å²) >= 11 is 0. The number of rotatable bonds is 10. The van der Waals surface area contributed by atoms with Crippen molar-refractivity contribution >= 4 is 23.4 Å². The molecule has 0 fully saturated rings. The van der Waals surface area contributed by atoms with Gasteiger partial charge in [-0.15, -0.1) is 5.10 Å². The minimum atomic E-state index is -1.18. The lowest BCUT2D eigenvalue weighted by Crippen LogP contribution is -2.44. The predicted octanol–water partition coefficient (Wildman–Crippen LogP) is 3.06. The van der Waals surface area contributed by atoms with Gasteiger partial charge in [0, 0.05) is 12.1 Å². The number of nitriles is 1. The van der Waals surface area contributed by atoms with Gasteiger partial charge in [-0.2, -0.15) is 5.26 Å². The monoisotopic (exact) mass is 469 g/mol. The van der Waals surface area contributed by atoms with Crippen LogP contribution >= 0.6 is 0 Å². The molecule has 3 aromatic heterocycles. The van der Waals surface area contributed by atoms with Crippen molar-refractivity contribution in [2.45, 2.75) is 38.8 Å². The van der Waals surface area contributed by atoms with Crippen LogP contribution in [0.5, 0.6) is 5.88 Å². The Morgan fingerprint density at radius 3 is 2.79 bits per heavy atom. The van der Waals surface area contributed by atoms with Gasteiger partial charge in [0.15, 0.2) is 17.5 Å². The summed E-state index contributed by atoms with van der Waals surface area (Å²) < 4.78 is 21.5. The van der Waals surface area contributed by atoms with E-state index in [1.165, 1.54) is 24.2 Å².